The van der Waals surface area contributed by atoms with Gasteiger partial charge in [0, 0.05) is 28.1 Å². The molecule has 3 N–H and O–H groups in total. The molecule has 4 aromatic rings. The molecule has 1 unspecified atom stereocenters. The van der Waals surface area contributed by atoms with Crippen LogP contribution in [0.2, 0.25) is 0 Å². The Hall–Kier alpha value is -4.57. The van der Waals surface area contributed by atoms with Gasteiger partial charge in [0.05, 0.1) is 15.0 Å². The second-order valence-corrected chi connectivity index (χ2v) is 12.2. The number of hydrogen-bond acceptors (Lipinski definition) is 8. The molecule has 1 atom stereocenters. The SMILES string of the molecule is CS(=O)(=S)c1ccc(NC(=O)N(Cc2ccc(C(=O)Nc3nn[nH]n3)cc2)c2ccc(OC(F)(F)F)cc2)cc1. The zero-order valence-corrected chi connectivity index (χ0v) is 22.1. The second-order valence-electron chi connectivity index (χ2n) is 8.24. The Morgan fingerprint density at radius 2 is 1.65 bits per heavy atom. The van der Waals surface area contributed by atoms with Crippen molar-refractivity contribution in [2.24, 2.45) is 0 Å². The van der Waals surface area contributed by atoms with Gasteiger partial charge < -0.3 is 10.1 Å². The summed E-state index contributed by atoms with van der Waals surface area (Å²) in [5, 5.41) is 18.0. The molecule has 0 aliphatic heterocycles. The van der Waals surface area contributed by atoms with Crippen LogP contribution in [0, 0.1) is 0 Å². The quantitative estimate of drug-likeness (QED) is 0.275. The lowest BCUT2D eigenvalue weighted by atomic mass is 10.1. The summed E-state index contributed by atoms with van der Waals surface area (Å²) < 4.78 is 53.8. The number of tetrazole rings is 1. The fourth-order valence-electron chi connectivity index (χ4n) is 3.42. The molecular weight excluding hydrogens is 571 g/mol. The van der Waals surface area contributed by atoms with Gasteiger partial charge in [0.1, 0.15) is 5.75 Å². The van der Waals surface area contributed by atoms with Gasteiger partial charge in [-0.1, -0.05) is 17.2 Å². The molecule has 0 aliphatic carbocycles. The zero-order chi connectivity index (χ0) is 28.9. The van der Waals surface area contributed by atoms with Gasteiger partial charge in [-0.25, -0.2) is 4.79 Å². The van der Waals surface area contributed by atoms with Crippen molar-refractivity contribution in [1.82, 2.24) is 20.6 Å². The molecule has 0 aliphatic rings. The van der Waals surface area contributed by atoms with Gasteiger partial charge in [0.15, 0.2) is 0 Å². The van der Waals surface area contributed by atoms with E-state index >= 15 is 0 Å². The fourth-order valence-corrected chi connectivity index (χ4v) is 4.38. The van der Waals surface area contributed by atoms with Crippen LogP contribution in [0.1, 0.15) is 15.9 Å². The highest BCUT2D eigenvalue weighted by Crippen LogP contribution is 2.27. The van der Waals surface area contributed by atoms with Crippen molar-refractivity contribution in [1.29, 1.82) is 0 Å². The number of nitrogens with zero attached hydrogens (tertiary/aromatic N) is 4. The minimum atomic E-state index is -4.87. The average molecular weight is 592 g/mol. The van der Waals surface area contributed by atoms with Crippen LogP contribution in [0.5, 0.6) is 5.75 Å². The third-order valence-corrected chi connectivity index (χ3v) is 6.99. The van der Waals surface area contributed by atoms with Gasteiger partial charge in [-0.3, -0.25) is 19.2 Å². The summed E-state index contributed by atoms with van der Waals surface area (Å²) >= 11 is 4.97. The van der Waals surface area contributed by atoms with E-state index < -0.39 is 32.5 Å². The predicted octanol–water partition coefficient (Wildman–Crippen LogP) is 4.32. The molecule has 11 nitrogen and oxygen atoms in total. The molecular formula is C24H20F3N7O4S2. The number of alkyl halides is 3. The summed E-state index contributed by atoms with van der Waals surface area (Å²) in [4.78, 5) is 27.4. The third kappa shape index (κ3) is 7.73. The van der Waals surface area contributed by atoms with Gasteiger partial charge in [-0.05, 0) is 82.6 Å². The topological polar surface area (TPSA) is 142 Å². The van der Waals surface area contributed by atoms with Crippen LogP contribution < -0.4 is 20.3 Å². The highest BCUT2D eigenvalue weighted by molar-refractivity contribution is 8.32. The van der Waals surface area contributed by atoms with E-state index in [9.17, 15) is 27.0 Å². The van der Waals surface area contributed by atoms with Crippen molar-refractivity contribution in [3.05, 3.63) is 83.9 Å². The lowest BCUT2D eigenvalue weighted by Gasteiger charge is -2.24. The average Bonchev–Trinajstić information content (AvgIpc) is 3.40. The number of hydrogen-bond donors (Lipinski definition) is 3. The zero-order valence-electron chi connectivity index (χ0n) is 20.5. The number of aromatic nitrogens is 4. The van der Waals surface area contributed by atoms with Gasteiger partial charge in [0.2, 0.25) is 0 Å². The van der Waals surface area contributed by atoms with Gasteiger partial charge in [0.25, 0.3) is 11.9 Å². The van der Waals surface area contributed by atoms with Gasteiger partial charge >= 0.3 is 12.4 Å². The molecule has 0 radical (unpaired) electrons. The number of carbonyl (C=O) groups is 2. The maximum absolute atomic E-state index is 13.3. The monoisotopic (exact) mass is 591 g/mol. The van der Waals surface area contributed by atoms with Crippen molar-refractivity contribution < 1.29 is 31.7 Å². The fraction of sp³-hybridized carbons (Fsp3) is 0.125. The number of aromatic amines is 1. The number of anilines is 3. The Kier molecular flexibility index (Phi) is 8.29. The smallest absolute Gasteiger partial charge is 0.406 e. The van der Waals surface area contributed by atoms with Crippen LogP contribution in [-0.4, -0.2) is 49.4 Å². The Balaban J connectivity index is 1.55. The summed E-state index contributed by atoms with van der Waals surface area (Å²) in [6, 6.07) is 16.6. The van der Waals surface area contributed by atoms with E-state index in [1.165, 1.54) is 59.7 Å². The minimum Gasteiger partial charge on any atom is -0.406 e. The minimum absolute atomic E-state index is 0.00287. The number of benzene rings is 3. The molecule has 1 aromatic heterocycles. The van der Waals surface area contributed by atoms with E-state index in [1.54, 1.807) is 12.1 Å². The Morgan fingerprint density at radius 3 is 2.20 bits per heavy atom. The van der Waals surface area contributed by atoms with Crippen LogP contribution in [0.4, 0.5) is 35.3 Å². The highest BCUT2D eigenvalue weighted by Gasteiger charge is 2.31. The highest BCUT2D eigenvalue weighted by atomic mass is 32.8. The van der Waals surface area contributed by atoms with E-state index in [0.29, 0.717) is 16.1 Å². The van der Waals surface area contributed by atoms with Crippen LogP contribution in [0.3, 0.4) is 0 Å². The molecule has 3 amide bonds. The van der Waals surface area contributed by atoms with Crippen LogP contribution in [-0.2, 0) is 26.2 Å². The number of rotatable bonds is 8. The van der Waals surface area contributed by atoms with Gasteiger partial charge in [-0.15, -0.1) is 18.3 Å². The Bertz CT molecular complexity index is 1580. The molecule has 0 fully saturated rings. The number of amides is 3. The number of ether oxygens (including phenoxy) is 1. The van der Waals surface area contributed by atoms with Crippen LogP contribution >= 0.6 is 0 Å². The van der Waals surface area contributed by atoms with Gasteiger partial charge in [-0.2, -0.15) is 5.21 Å². The van der Waals surface area contributed by atoms with E-state index in [4.69, 9.17) is 11.2 Å². The number of urea groups is 1. The van der Waals surface area contributed by atoms with Crippen LogP contribution in [0.15, 0.2) is 77.7 Å². The van der Waals surface area contributed by atoms with Crippen molar-refractivity contribution in [3.63, 3.8) is 0 Å². The number of halogens is 3. The lowest BCUT2D eigenvalue weighted by Crippen LogP contribution is -2.34. The molecule has 0 bridgehead atoms. The predicted molar refractivity (Wildman–Crippen MR) is 143 cm³/mol. The first-order valence-electron chi connectivity index (χ1n) is 11.3. The number of nitrogens with one attached hydrogen (secondary N) is 3. The standard InChI is InChI=1S/C24H20F3N7O4S2/c1-40(37,39)20-12-6-17(7-13-20)28-23(36)34(18-8-10-19(11-9-18)38-24(25,26)27)14-15-2-4-16(5-3-15)21(35)29-22-30-32-33-31-22/h2-13H,14H2,1H3,(H,28,36)(H2,29,30,31,32,33,35). The summed E-state index contributed by atoms with van der Waals surface area (Å²) in [5.74, 6) is -0.936. The molecule has 0 saturated heterocycles. The third-order valence-electron chi connectivity index (χ3n) is 5.29. The molecule has 0 spiro atoms. The molecule has 16 heteroatoms. The summed E-state index contributed by atoms with van der Waals surface area (Å²) in [5.41, 5.74) is 1.54. The molecule has 0 saturated carbocycles. The molecule has 1 heterocycles. The van der Waals surface area contributed by atoms with Crippen molar-refractivity contribution in [2.45, 2.75) is 17.8 Å². The molecule has 3 aromatic carbocycles. The maximum atomic E-state index is 13.3. The second kappa shape index (κ2) is 11.7. The number of carbonyl (C=O) groups excluding carboxylic acids is 2. The van der Waals surface area contributed by atoms with Crippen molar-refractivity contribution in [3.8, 4) is 5.75 Å². The first-order valence-corrected chi connectivity index (χ1v) is 14.1. The van der Waals surface area contributed by atoms with E-state index in [2.05, 4.69) is 36.0 Å². The first kappa shape index (κ1) is 28.4. The maximum Gasteiger partial charge on any atom is 0.573 e. The summed E-state index contributed by atoms with van der Waals surface area (Å²) in [6.07, 6.45) is -3.45. The summed E-state index contributed by atoms with van der Waals surface area (Å²) in [6.45, 7) is -0.00886. The van der Waals surface area contributed by atoms with Crippen molar-refractivity contribution in [2.75, 3.05) is 21.8 Å². The normalized spacial score (nSPS) is 12.7. The molecule has 4 rings (SSSR count). The Morgan fingerprint density at radius 1 is 1.00 bits per heavy atom. The first-order chi connectivity index (χ1) is 18.9. The largest absolute Gasteiger partial charge is 0.573 e. The molecule has 40 heavy (non-hydrogen) atoms. The van der Waals surface area contributed by atoms with E-state index in [1.807, 2.05) is 0 Å². The Labute approximate surface area is 230 Å². The number of H-pyrrole nitrogens is 1. The van der Waals surface area contributed by atoms with E-state index in [0.717, 1.165) is 12.1 Å². The lowest BCUT2D eigenvalue weighted by molar-refractivity contribution is -0.274. The van der Waals surface area contributed by atoms with Crippen LogP contribution in [0.25, 0.3) is 0 Å². The van der Waals surface area contributed by atoms with Crippen molar-refractivity contribution >= 4 is 48.9 Å². The molecule has 208 valence electrons. The van der Waals surface area contributed by atoms with E-state index in [-0.39, 0.29) is 23.7 Å². The summed E-state index contributed by atoms with van der Waals surface area (Å²) in [7, 11) is -2.61.